The number of hydrogen-bond donors (Lipinski definition) is 0. The number of benzene rings is 2. The van der Waals surface area contributed by atoms with Crippen LogP contribution in [0.2, 0.25) is 0 Å². The molecule has 0 aliphatic carbocycles. The Bertz CT molecular complexity index is 940. The van der Waals surface area contributed by atoms with E-state index in [1.54, 1.807) is 49.6 Å². The number of Topliss-reactive ketones (excluding diaryl/α,β-unsaturated/α-hetero) is 1. The van der Waals surface area contributed by atoms with Crippen molar-refractivity contribution in [1.82, 2.24) is 0 Å². The van der Waals surface area contributed by atoms with Gasteiger partial charge in [0.2, 0.25) is 6.79 Å². The van der Waals surface area contributed by atoms with Crippen molar-refractivity contribution in [3.8, 4) is 23.3 Å². The number of nitrogens with zero attached hydrogens (tertiary/aromatic N) is 1. The third kappa shape index (κ3) is 4.25. The maximum atomic E-state index is 12.2. The predicted molar refractivity (Wildman–Crippen MR) is 94.4 cm³/mol. The van der Waals surface area contributed by atoms with Crippen LogP contribution in [-0.4, -0.2) is 32.3 Å². The van der Waals surface area contributed by atoms with Crippen LogP contribution in [0.5, 0.6) is 17.2 Å². The average molecular weight is 365 g/mol. The van der Waals surface area contributed by atoms with Crippen molar-refractivity contribution in [2.24, 2.45) is 0 Å². The van der Waals surface area contributed by atoms with E-state index in [9.17, 15) is 14.9 Å². The summed E-state index contributed by atoms with van der Waals surface area (Å²) >= 11 is 0. The number of ether oxygens (including phenoxy) is 4. The van der Waals surface area contributed by atoms with Crippen molar-refractivity contribution < 1.29 is 28.5 Å². The quantitative estimate of drug-likeness (QED) is 0.336. The first kappa shape index (κ1) is 18.0. The fourth-order valence-corrected chi connectivity index (χ4v) is 2.37. The molecule has 0 amide bonds. The largest absolute Gasteiger partial charge is 0.497 e. The Hall–Kier alpha value is -3.79. The zero-order valence-corrected chi connectivity index (χ0v) is 14.4. The van der Waals surface area contributed by atoms with Gasteiger partial charge in [0.25, 0.3) is 0 Å². The van der Waals surface area contributed by atoms with Gasteiger partial charge in [-0.25, -0.2) is 4.79 Å². The molecule has 0 saturated carbocycles. The molecule has 136 valence electrons. The number of nitriles is 1. The molecule has 0 radical (unpaired) electrons. The average Bonchev–Trinajstić information content (AvgIpc) is 3.18. The molecule has 0 atom stereocenters. The molecule has 2 aromatic rings. The highest BCUT2D eigenvalue weighted by molar-refractivity contribution is 6.02. The first-order valence-electron chi connectivity index (χ1n) is 7.96. The summed E-state index contributed by atoms with van der Waals surface area (Å²) in [5.41, 5.74) is 0.745. The Balaban J connectivity index is 1.63. The Morgan fingerprint density at radius 3 is 2.59 bits per heavy atom. The second kappa shape index (κ2) is 8.06. The number of esters is 1. The van der Waals surface area contributed by atoms with E-state index in [1.165, 1.54) is 12.1 Å². The van der Waals surface area contributed by atoms with Gasteiger partial charge in [0.05, 0.1) is 7.11 Å². The van der Waals surface area contributed by atoms with E-state index < -0.39 is 18.4 Å². The highest BCUT2D eigenvalue weighted by Gasteiger charge is 2.18. The van der Waals surface area contributed by atoms with E-state index >= 15 is 0 Å². The zero-order chi connectivity index (χ0) is 19.2. The van der Waals surface area contributed by atoms with Crippen LogP contribution < -0.4 is 14.2 Å². The molecule has 0 fully saturated rings. The Morgan fingerprint density at radius 2 is 1.89 bits per heavy atom. The van der Waals surface area contributed by atoms with Crippen LogP contribution in [0.3, 0.4) is 0 Å². The number of carbonyl (C=O) groups excluding carboxylic acids is 2. The molecule has 0 aromatic heterocycles. The molecule has 7 nitrogen and oxygen atoms in total. The van der Waals surface area contributed by atoms with E-state index in [1.807, 2.05) is 0 Å². The van der Waals surface area contributed by atoms with E-state index in [2.05, 4.69) is 0 Å². The number of fused-ring (bicyclic) bond motifs is 1. The lowest BCUT2D eigenvalue weighted by Crippen LogP contribution is -2.15. The molecule has 0 spiro atoms. The maximum Gasteiger partial charge on any atom is 0.349 e. The SMILES string of the molecule is COc1ccc(/C=C(\C#N)C(=O)OCC(=O)c2ccc3c(c2)OCO3)cc1. The molecule has 7 heteroatoms. The number of methoxy groups -OCH3 is 1. The summed E-state index contributed by atoms with van der Waals surface area (Å²) in [6, 6.07) is 13.3. The van der Waals surface area contributed by atoms with Crippen molar-refractivity contribution in [1.29, 1.82) is 5.26 Å². The number of carbonyl (C=O) groups is 2. The molecule has 0 unspecified atom stereocenters. The van der Waals surface area contributed by atoms with Gasteiger partial charge in [-0.2, -0.15) is 5.26 Å². The van der Waals surface area contributed by atoms with Crippen LogP contribution in [0, 0.1) is 11.3 Å². The normalized spacial score (nSPS) is 12.2. The summed E-state index contributed by atoms with van der Waals surface area (Å²) in [6.45, 7) is -0.385. The minimum absolute atomic E-state index is 0.101. The van der Waals surface area contributed by atoms with E-state index in [4.69, 9.17) is 18.9 Å². The smallest absolute Gasteiger partial charge is 0.349 e. The van der Waals surface area contributed by atoms with Gasteiger partial charge >= 0.3 is 5.97 Å². The first-order valence-corrected chi connectivity index (χ1v) is 7.96. The fraction of sp³-hybridized carbons (Fsp3) is 0.150. The summed E-state index contributed by atoms with van der Waals surface area (Å²) < 4.78 is 20.4. The summed E-state index contributed by atoms with van der Waals surface area (Å²) in [7, 11) is 1.54. The summed E-state index contributed by atoms with van der Waals surface area (Å²) in [5.74, 6) is 0.385. The van der Waals surface area contributed by atoms with Crippen LogP contribution in [0.15, 0.2) is 48.0 Å². The van der Waals surface area contributed by atoms with Crippen molar-refractivity contribution in [2.45, 2.75) is 0 Å². The summed E-state index contributed by atoms with van der Waals surface area (Å²) in [4.78, 5) is 24.3. The standard InChI is InChI=1S/C20H15NO6/c1-24-16-5-2-13(3-6-16)8-15(10-21)20(23)25-11-17(22)14-4-7-18-19(9-14)27-12-26-18/h2-9H,11-12H2,1H3/b15-8+. The summed E-state index contributed by atoms with van der Waals surface area (Å²) in [6.07, 6.45) is 1.38. The van der Waals surface area contributed by atoms with Crippen LogP contribution >= 0.6 is 0 Å². The summed E-state index contributed by atoms with van der Waals surface area (Å²) in [5, 5.41) is 9.19. The first-order chi connectivity index (χ1) is 13.1. The van der Waals surface area contributed by atoms with Crippen LogP contribution in [0.25, 0.3) is 6.08 Å². The third-order valence-electron chi connectivity index (χ3n) is 3.80. The predicted octanol–water partition coefficient (Wildman–Crippen LogP) is 2.76. The zero-order valence-electron chi connectivity index (χ0n) is 14.4. The van der Waals surface area contributed by atoms with Gasteiger partial charge in [-0.1, -0.05) is 12.1 Å². The van der Waals surface area contributed by atoms with Crippen molar-refractivity contribution >= 4 is 17.8 Å². The molecule has 27 heavy (non-hydrogen) atoms. The molecule has 3 rings (SSSR count). The Kier molecular flexibility index (Phi) is 5.38. The molecule has 1 aliphatic heterocycles. The maximum absolute atomic E-state index is 12.2. The number of hydrogen-bond acceptors (Lipinski definition) is 7. The highest BCUT2D eigenvalue weighted by Crippen LogP contribution is 2.32. The molecule has 1 heterocycles. The molecule has 0 N–H and O–H groups in total. The molecular weight excluding hydrogens is 350 g/mol. The van der Waals surface area contributed by atoms with Gasteiger partial charge in [0.1, 0.15) is 17.4 Å². The van der Waals surface area contributed by atoms with E-state index in [0.717, 1.165) is 0 Å². The molecule has 0 bridgehead atoms. The van der Waals surface area contributed by atoms with Crippen molar-refractivity contribution in [2.75, 3.05) is 20.5 Å². The van der Waals surface area contributed by atoms with Crippen LogP contribution in [-0.2, 0) is 9.53 Å². The van der Waals surface area contributed by atoms with E-state index in [0.29, 0.717) is 28.4 Å². The van der Waals surface area contributed by atoms with Crippen molar-refractivity contribution in [3.05, 3.63) is 59.2 Å². The van der Waals surface area contributed by atoms with Gasteiger partial charge in [0.15, 0.2) is 23.9 Å². The lowest BCUT2D eigenvalue weighted by atomic mass is 10.1. The molecular formula is C20H15NO6. The van der Waals surface area contributed by atoms with E-state index in [-0.39, 0.29) is 12.4 Å². The topological polar surface area (TPSA) is 94.8 Å². The van der Waals surface area contributed by atoms with Crippen LogP contribution in [0.1, 0.15) is 15.9 Å². The fourth-order valence-electron chi connectivity index (χ4n) is 2.37. The van der Waals surface area contributed by atoms with Crippen LogP contribution in [0.4, 0.5) is 0 Å². The third-order valence-corrected chi connectivity index (χ3v) is 3.80. The monoisotopic (exact) mass is 365 g/mol. The molecule has 2 aromatic carbocycles. The lowest BCUT2D eigenvalue weighted by Gasteiger charge is -2.05. The minimum Gasteiger partial charge on any atom is -0.497 e. The van der Waals surface area contributed by atoms with Gasteiger partial charge < -0.3 is 18.9 Å². The lowest BCUT2D eigenvalue weighted by molar-refractivity contribution is -0.137. The van der Waals surface area contributed by atoms with Gasteiger partial charge in [0, 0.05) is 5.56 Å². The Morgan fingerprint density at radius 1 is 1.15 bits per heavy atom. The second-order valence-electron chi connectivity index (χ2n) is 5.51. The van der Waals surface area contributed by atoms with Gasteiger partial charge in [-0.3, -0.25) is 4.79 Å². The molecule has 1 aliphatic rings. The number of ketones is 1. The van der Waals surface area contributed by atoms with Gasteiger partial charge in [-0.15, -0.1) is 0 Å². The van der Waals surface area contributed by atoms with Crippen molar-refractivity contribution in [3.63, 3.8) is 0 Å². The molecule has 0 saturated heterocycles. The second-order valence-corrected chi connectivity index (χ2v) is 5.51. The Labute approximate surface area is 155 Å². The van der Waals surface area contributed by atoms with Gasteiger partial charge in [-0.05, 0) is 42.0 Å². The highest BCUT2D eigenvalue weighted by atomic mass is 16.7. The number of rotatable bonds is 6. The minimum atomic E-state index is -0.873.